The Morgan fingerprint density at radius 3 is 2.54 bits per heavy atom. The SMILES string of the molecule is Cc1nn(-c2ccc(C(=O)N3CCCN(c4nccs4)CC3)cc2)c(C)c1Br. The molecule has 1 saturated heterocycles. The van der Waals surface area contributed by atoms with Gasteiger partial charge in [-0.2, -0.15) is 5.10 Å². The minimum atomic E-state index is 0.0853. The molecule has 0 atom stereocenters. The molecule has 3 aromatic rings. The first-order valence-corrected chi connectivity index (χ1v) is 11.0. The van der Waals surface area contributed by atoms with E-state index < -0.39 is 0 Å². The fraction of sp³-hybridized carbons (Fsp3) is 0.350. The molecule has 1 fully saturated rings. The molecule has 6 nitrogen and oxygen atoms in total. The molecule has 0 saturated carbocycles. The molecule has 0 aliphatic carbocycles. The van der Waals surface area contributed by atoms with Crippen LogP contribution in [0.2, 0.25) is 0 Å². The Morgan fingerprint density at radius 1 is 1.11 bits per heavy atom. The van der Waals surface area contributed by atoms with E-state index in [9.17, 15) is 4.79 Å². The van der Waals surface area contributed by atoms with E-state index in [1.165, 1.54) is 0 Å². The van der Waals surface area contributed by atoms with E-state index in [4.69, 9.17) is 0 Å². The smallest absolute Gasteiger partial charge is 0.253 e. The first-order chi connectivity index (χ1) is 13.5. The van der Waals surface area contributed by atoms with Crippen LogP contribution < -0.4 is 4.90 Å². The molecule has 0 spiro atoms. The summed E-state index contributed by atoms with van der Waals surface area (Å²) >= 11 is 5.21. The van der Waals surface area contributed by atoms with Crippen LogP contribution in [0, 0.1) is 13.8 Å². The van der Waals surface area contributed by atoms with Crippen molar-refractivity contribution in [2.24, 2.45) is 0 Å². The van der Waals surface area contributed by atoms with Crippen molar-refractivity contribution >= 4 is 38.3 Å². The summed E-state index contributed by atoms with van der Waals surface area (Å²) in [5.41, 5.74) is 3.67. The van der Waals surface area contributed by atoms with Gasteiger partial charge in [-0.05, 0) is 60.5 Å². The van der Waals surface area contributed by atoms with Gasteiger partial charge in [-0.15, -0.1) is 11.3 Å². The van der Waals surface area contributed by atoms with Crippen molar-refractivity contribution in [3.63, 3.8) is 0 Å². The second-order valence-electron chi connectivity index (χ2n) is 6.89. The lowest BCUT2D eigenvalue weighted by molar-refractivity contribution is 0.0767. The van der Waals surface area contributed by atoms with Crippen LogP contribution in [0.3, 0.4) is 0 Å². The highest BCUT2D eigenvalue weighted by atomic mass is 79.9. The summed E-state index contributed by atoms with van der Waals surface area (Å²) in [7, 11) is 0. The number of hydrogen-bond acceptors (Lipinski definition) is 5. The highest BCUT2D eigenvalue weighted by Gasteiger charge is 2.21. The normalized spacial score (nSPS) is 15.0. The average Bonchev–Trinajstić information content (AvgIpc) is 3.25. The minimum Gasteiger partial charge on any atom is -0.346 e. The minimum absolute atomic E-state index is 0.0853. The summed E-state index contributed by atoms with van der Waals surface area (Å²) in [4.78, 5) is 21.6. The number of anilines is 1. The first-order valence-electron chi connectivity index (χ1n) is 9.30. The number of nitrogens with zero attached hydrogens (tertiary/aromatic N) is 5. The summed E-state index contributed by atoms with van der Waals surface area (Å²) in [5, 5.41) is 7.58. The lowest BCUT2D eigenvalue weighted by atomic mass is 10.1. The third-order valence-corrected chi connectivity index (χ3v) is 7.01. The Labute approximate surface area is 176 Å². The fourth-order valence-electron chi connectivity index (χ4n) is 3.49. The Hall–Kier alpha value is -2.19. The molecule has 28 heavy (non-hydrogen) atoms. The fourth-order valence-corrected chi connectivity index (χ4v) is 4.43. The van der Waals surface area contributed by atoms with Crippen molar-refractivity contribution in [2.75, 3.05) is 31.1 Å². The summed E-state index contributed by atoms with van der Waals surface area (Å²) < 4.78 is 2.91. The number of rotatable bonds is 3. The number of benzene rings is 1. The molecular weight excluding hydrogens is 438 g/mol. The van der Waals surface area contributed by atoms with Crippen molar-refractivity contribution in [3.05, 3.63) is 57.3 Å². The van der Waals surface area contributed by atoms with Gasteiger partial charge in [-0.1, -0.05) is 0 Å². The third-order valence-electron chi connectivity index (χ3n) is 5.03. The van der Waals surface area contributed by atoms with Crippen LogP contribution >= 0.6 is 27.3 Å². The van der Waals surface area contributed by atoms with Crippen molar-refractivity contribution in [3.8, 4) is 5.69 Å². The van der Waals surface area contributed by atoms with Gasteiger partial charge in [0.2, 0.25) is 0 Å². The molecule has 1 aromatic carbocycles. The molecule has 4 rings (SSSR count). The summed E-state index contributed by atoms with van der Waals surface area (Å²) in [6.45, 7) is 7.23. The van der Waals surface area contributed by atoms with Crippen molar-refractivity contribution in [1.82, 2.24) is 19.7 Å². The second kappa shape index (κ2) is 8.05. The summed E-state index contributed by atoms with van der Waals surface area (Å²) in [6, 6.07) is 7.70. The maximum atomic E-state index is 13.0. The summed E-state index contributed by atoms with van der Waals surface area (Å²) in [5.74, 6) is 0.0853. The van der Waals surface area contributed by atoms with Gasteiger partial charge in [0.15, 0.2) is 5.13 Å². The lowest BCUT2D eigenvalue weighted by Crippen LogP contribution is -2.35. The van der Waals surface area contributed by atoms with Crippen LogP contribution in [0.5, 0.6) is 0 Å². The van der Waals surface area contributed by atoms with Gasteiger partial charge in [0.1, 0.15) is 0 Å². The highest BCUT2D eigenvalue weighted by Crippen LogP contribution is 2.24. The predicted octanol–water partition coefficient (Wildman–Crippen LogP) is 4.06. The number of aryl methyl sites for hydroxylation is 1. The van der Waals surface area contributed by atoms with Crippen LogP contribution in [0.1, 0.15) is 28.2 Å². The van der Waals surface area contributed by atoms with Gasteiger partial charge in [-0.3, -0.25) is 4.79 Å². The molecule has 2 aromatic heterocycles. The molecule has 146 valence electrons. The zero-order valence-corrected chi connectivity index (χ0v) is 18.3. The number of carbonyl (C=O) groups excluding carboxylic acids is 1. The molecule has 3 heterocycles. The lowest BCUT2D eigenvalue weighted by Gasteiger charge is -2.22. The van der Waals surface area contributed by atoms with Crippen LogP contribution in [0.25, 0.3) is 5.69 Å². The maximum Gasteiger partial charge on any atom is 0.253 e. The van der Waals surface area contributed by atoms with E-state index in [2.05, 4.69) is 30.9 Å². The van der Waals surface area contributed by atoms with E-state index >= 15 is 0 Å². The van der Waals surface area contributed by atoms with E-state index in [0.717, 1.165) is 52.7 Å². The molecule has 0 N–H and O–H groups in total. The van der Waals surface area contributed by atoms with Gasteiger partial charge < -0.3 is 9.80 Å². The van der Waals surface area contributed by atoms with Crippen LogP contribution in [0.4, 0.5) is 5.13 Å². The molecule has 0 bridgehead atoms. The van der Waals surface area contributed by atoms with Crippen LogP contribution in [0.15, 0.2) is 40.3 Å². The average molecular weight is 460 g/mol. The first kappa shape index (κ1) is 19.1. The van der Waals surface area contributed by atoms with E-state index in [-0.39, 0.29) is 5.91 Å². The zero-order valence-electron chi connectivity index (χ0n) is 15.9. The van der Waals surface area contributed by atoms with Crippen molar-refractivity contribution in [2.45, 2.75) is 20.3 Å². The van der Waals surface area contributed by atoms with E-state index in [0.29, 0.717) is 12.1 Å². The van der Waals surface area contributed by atoms with E-state index in [1.807, 2.05) is 59.3 Å². The monoisotopic (exact) mass is 459 g/mol. The molecule has 1 amide bonds. The van der Waals surface area contributed by atoms with Crippen LogP contribution in [-0.4, -0.2) is 51.8 Å². The maximum absolute atomic E-state index is 13.0. The van der Waals surface area contributed by atoms with E-state index in [1.54, 1.807) is 11.3 Å². The van der Waals surface area contributed by atoms with Gasteiger partial charge >= 0.3 is 0 Å². The zero-order chi connectivity index (χ0) is 19.7. The second-order valence-corrected chi connectivity index (χ2v) is 8.56. The molecule has 0 unspecified atom stereocenters. The number of halogens is 1. The van der Waals surface area contributed by atoms with Crippen LogP contribution in [-0.2, 0) is 0 Å². The van der Waals surface area contributed by atoms with Crippen molar-refractivity contribution in [1.29, 1.82) is 0 Å². The number of carbonyl (C=O) groups is 1. The molecule has 1 aliphatic rings. The van der Waals surface area contributed by atoms with Gasteiger partial charge in [0, 0.05) is 43.3 Å². The number of thiazole rings is 1. The third kappa shape index (κ3) is 3.71. The topological polar surface area (TPSA) is 54.3 Å². The number of hydrogen-bond donors (Lipinski definition) is 0. The molecule has 1 aliphatic heterocycles. The Bertz CT molecular complexity index is 967. The molecule has 0 radical (unpaired) electrons. The Balaban J connectivity index is 1.47. The standard InChI is InChI=1S/C20H22BrN5OS/c1-14-18(21)15(2)26(23-14)17-6-4-16(5-7-17)19(27)24-9-3-10-25(12-11-24)20-22-8-13-28-20/h4-8,13H,3,9-12H2,1-2H3. The van der Waals surface area contributed by atoms with Gasteiger partial charge in [0.05, 0.1) is 21.5 Å². The quantitative estimate of drug-likeness (QED) is 0.592. The highest BCUT2D eigenvalue weighted by molar-refractivity contribution is 9.10. The predicted molar refractivity (Wildman–Crippen MR) is 116 cm³/mol. The Kier molecular flexibility index (Phi) is 5.50. The van der Waals surface area contributed by atoms with Gasteiger partial charge in [0.25, 0.3) is 5.91 Å². The number of amides is 1. The van der Waals surface area contributed by atoms with Crippen molar-refractivity contribution < 1.29 is 4.79 Å². The molecular formula is C20H22BrN5OS. The number of aromatic nitrogens is 3. The Morgan fingerprint density at radius 2 is 1.89 bits per heavy atom. The van der Waals surface area contributed by atoms with Gasteiger partial charge in [-0.25, -0.2) is 9.67 Å². The molecule has 8 heteroatoms. The largest absolute Gasteiger partial charge is 0.346 e. The summed E-state index contributed by atoms with van der Waals surface area (Å²) in [6.07, 6.45) is 2.78.